The van der Waals surface area contributed by atoms with Gasteiger partial charge in [0.2, 0.25) is 0 Å². The van der Waals surface area contributed by atoms with Crippen LogP contribution in [0.1, 0.15) is 28.9 Å². The van der Waals surface area contributed by atoms with Gasteiger partial charge in [-0.05, 0) is 37.6 Å². The molecule has 1 aliphatic rings. The summed E-state index contributed by atoms with van der Waals surface area (Å²) < 4.78 is 0. The Morgan fingerprint density at radius 1 is 1.36 bits per heavy atom. The zero-order valence-corrected chi connectivity index (χ0v) is 12.9. The lowest BCUT2D eigenvalue weighted by molar-refractivity contribution is 0.0690. The number of aromatic carboxylic acids is 1. The molecule has 3 rings (SSSR count). The molecule has 1 fully saturated rings. The van der Waals surface area contributed by atoms with Crippen molar-refractivity contribution in [1.29, 1.82) is 0 Å². The fourth-order valence-electron chi connectivity index (χ4n) is 2.38. The molecule has 0 saturated heterocycles. The second-order valence-electron chi connectivity index (χ2n) is 5.55. The quantitative estimate of drug-likeness (QED) is 0.918. The van der Waals surface area contributed by atoms with E-state index in [9.17, 15) is 4.79 Å². The first-order chi connectivity index (χ1) is 10.5. The van der Waals surface area contributed by atoms with Gasteiger partial charge in [-0.15, -0.1) is 0 Å². The summed E-state index contributed by atoms with van der Waals surface area (Å²) in [6.07, 6.45) is 3.76. The Morgan fingerprint density at radius 3 is 2.77 bits per heavy atom. The van der Waals surface area contributed by atoms with Crippen molar-refractivity contribution in [3.8, 4) is 11.3 Å². The van der Waals surface area contributed by atoms with Gasteiger partial charge in [-0.1, -0.05) is 23.7 Å². The van der Waals surface area contributed by atoms with E-state index in [1.165, 1.54) is 25.2 Å². The van der Waals surface area contributed by atoms with Gasteiger partial charge in [0.1, 0.15) is 6.33 Å². The summed E-state index contributed by atoms with van der Waals surface area (Å²) in [6.45, 7) is 0.813. The van der Waals surface area contributed by atoms with Crippen molar-refractivity contribution in [2.75, 3.05) is 7.05 Å². The largest absolute Gasteiger partial charge is 0.477 e. The average Bonchev–Trinajstić information content (AvgIpc) is 3.34. The minimum atomic E-state index is -1.07. The number of hydrogen-bond acceptors (Lipinski definition) is 4. The SMILES string of the molecule is CN(Cc1ccc(-c2cc(C(=O)O)ncn2)cc1Cl)C1CC1. The molecule has 1 saturated carbocycles. The lowest BCUT2D eigenvalue weighted by Crippen LogP contribution is -2.20. The van der Waals surface area contributed by atoms with Gasteiger partial charge < -0.3 is 5.11 Å². The molecular formula is C16H16ClN3O2. The predicted molar refractivity (Wildman–Crippen MR) is 83.9 cm³/mol. The molecule has 0 spiro atoms. The third-order valence-corrected chi connectivity index (χ3v) is 4.18. The maximum Gasteiger partial charge on any atom is 0.354 e. The van der Waals surface area contributed by atoms with Crippen LogP contribution in [-0.2, 0) is 6.54 Å². The summed E-state index contributed by atoms with van der Waals surface area (Å²) in [5, 5.41) is 9.66. The molecule has 114 valence electrons. The Balaban J connectivity index is 1.84. The molecule has 2 aromatic rings. The van der Waals surface area contributed by atoms with E-state index in [1.807, 2.05) is 18.2 Å². The van der Waals surface area contributed by atoms with Crippen LogP contribution in [0.3, 0.4) is 0 Å². The van der Waals surface area contributed by atoms with E-state index in [-0.39, 0.29) is 5.69 Å². The molecular weight excluding hydrogens is 302 g/mol. The van der Waals surface area contributed by atoms with Crippen molar-refractivity contribution in [3.63, 3.8) is 0 Å². The fraction of sp³-hybridized carbons (Fsp3) is 0.312. The van der Waals surface area contributed by atoms with Crippen LogP contribution in [0.5, 0.6) is 0 Å². The van der Waals surface area contributed by atoms with E-state index in [0.29, 0.717) is 16.8 Å². The molecule has 0 radical (unpaired) electrons. The highest BCUT2D eigenvalue weighted by Gasteiger charge is 2.26. The van der Waals surface area contributed by atoms with Gasteiger partial charge in [0.15, 0.2) is 5.69 Å². The number of halogens is 1. The molecule has 0 amide bonds. The van der Waals surface area contributed by atoms with Crippen LogP contribution in [0.4, 0.5) is 0 Å². The summed E-state index contributed by atoms with van der Waals surface area (Å²) in [4.78, 5) is 21.1. The highest BCUT2D eigenvalue weighted by molar-refractivity contribution is 6.31. The molecule has 22 heavy (non-hydrogen) atoms. The maximum atomic E-state index is 11.0. The van der Waals surface area contributed by atoms with Crippen LogP contribution >= 0.6 is 11.6 Å². The molecule has 0 bridgehead atoms. The van der Waals surface area contributed by atoms with Crippen molar-refractivity contribution < 1.29 is 9.90 Å². The molecule has 1 aromatic carbocycles. The molecule has 1 aliphatic carbocycles. The summed E-state index contributed by atoms with van der Waals surface area (Å²) in [6, 6.07) is 7.83. The normalized spacial score (nSPS) is 14.3. The van der Waals surface area contributed by atoms with Gasteiger partial charge in [-0.2, -0.15) is 0 Å². The van der Waals surface area contributed by atoms with Gasteiger partial charge in [0, 0.05) is 23.2 Å². The number of carboxylic acids is 1. The fourth-order valence-corrected chi connectivity index (χ4v) is 2.62. The predicted octanol–water partition coefficient (Wildman–Crippen LogP) is 3.09. The monoisotopic (exact) mass is 317 g/mol. The minimum absolute atomic E-state index is 0.0290. The van der Waals surface area contributed by atoms with Gasteiger partial charge in [-0.3, -0.25) is 4.90 Å². The molecule has 6 heteroatoms. The molecule has 1 aromatic heterocycles. The number of aromatic nitrogens is 2. The van der Waals surface area contributed by atoms with Crippen LogP contribution in [0, 0.1) is 0 Å². The third-order valence-electron chi connectivity index (χ3n) is 3.82. The first-order valence-corrected chi connectivity index (χ1v) is 7.47. The molecule has 0 aliphatic heterocycles. The van der Waals surface area contributed by atoms with E-state index in [2.05, 4.69) is 21.9 Å². The zero-order chi connectivity index (χ0) is 15.7. The van der Waals surface area contributed by atoms with E-state index < -0.39 is 5.97 Å². The Kier molecular flexibility index (Phi) is 4.09. The van der Waals surface area contributed by atoms with E-state index in [1.54, 1.807) is 0 Å². The third kappa shape index (κ3) is 3.26. The smallest absolute Gasteiger partial charge is 0.354 e. The lowest BCUT2D eigenvalue weighted by atomic mass is 10.1. The number of nitrogens with zero attached hydrogens (tertiary/aromatic N) is 3. The highest BCUT2D eigenvalue weighted by atomic mass is 35.5. The van der Waals surface area contributed by atoms with Crippen LogP contribution in [0.15, 0.2) is 30.6 Å². The summed E-state index contributed by atoms with van der Waals surface area (Å²) >= 11 is 6.36. The van der Waals surface area contributed by atoms with Crippen molar-refractivity contribution in [3.05, 3.63) is 46.9 Å². The number of rotatable bonds is 5. The lowest BCUT2D eigenvalue weighted by Gasteiger charge is -2.17. The first kappa shape index (κ1) is 14.9. The van der Waals surface area contributed by atoms with Crippen molar-refractivity contribution >= 4 is 17.6 Å². The Morgan fingerprint density at radius 2 is 2.14 bits per heavy atom. The zero-order valence-electron chi connectivity index (χ0n) is 12.2. The molecule has 0 atom stereocenters. The highest BCUT2D eigenvalue weighted by Crippen LogP contribution is 2.30. The van der Waals surface area contributed by atoms with Gasteiger partial charge in [-0.25, -0.2) is 14.8 Å². The Bertz CT molecular complexity index is 716. The average molecular weight is 318 g/mol. The second-order valence-corrected chi connectivity index (χ2v) is 5.95. The van der Waals surface area contributed by atoms with Crippen molar-refractivity contribution in [2.24, 2.45) is 0 Å². The van der Waals surface area contributed by atoms with Gasteiger partial charge in [0.05, 0.1) is 5.69 Å². The number of carboxylic acid groups (broad SMARTS) is 1. The summed E-state index contributed by atoms with van der Waals surface area (Å²) in [5.41, 5.74) is 2.37. The maximum absolute atomic E-state index is 11.0. The molecule has 1 N–H and O–H groups in total. The van der Waals surface area contributed by atoms with E-state index in [4.69, 9.17) is 16.7 Å². The Hall–Kier alpha value is -1.98. The van der Waals surface area contributed by atoms with Crippen LogP contribution in [0.25, 0.3) is 11.3 Å². The second kappa shape index (κ2) is 6.02. The van der Waals surface area contributed by atoms with E-state index >= 15 is 0 Å². The number of hydrogen-bond donors (Lipinski definition) is 1. The van der Waals surface area contributed by atoms with Crippen molar-refractivity contribution in [2.45, 2.75) is 25.4 Å². The van der Waals surface area contributed by atoms with Gasteiger partial charge in [0.25, 0.3) is 0 Å². The minimum Gasteiger partial charge on any atom is -0.477 e. The van der Waals surface area contributed by atoms with Crippen LogP contribution in [0.2, 0.25) is 5.02 Å². The van der Waals surface area contributed by atoms with Crippen LogP contribution in [-0.4, -0.2) is 39.0 Å². The molecule has 1 heterocycles. The number of benzene rings is 1. The van der Waals surface area contributed by atoms with Crippen LogP contribution < -0.4 is 0 Å². The summed E-state index contributed by atoms with van der Waals surface area (Å²) in [7, 11) is 2.10. The standard InChI is InChI=1S/C16H16ClN3O2/c1-20(12-4-5-12)8-11-3-2-10(6-13(11)17)14-7-15(16(21)22)19-9-18-14/h2-3,6-7,9,12H,4-5,8H2,1H3,(H,21,22). The number of carbonyl (C=O) groups is 1. The summed E-state index contributed by atoms with van der Waals surface area (Å²) in [5.74, 6) is -1.07. The first-order valence-electron chi connectivity index (χ1n) is 7.09. The van der Waals surface area contributed by atoms with Crippen molar-refractivity contribution in [1.82, 2.24) is 14.9 Å². The topological polar surface area (TPSA) is 66.3 Å². The molecule has 5 nitrogen and oxygen atoms in total. The van der Waals surface area contributed by atoms with Gasteiger partial charge >= 0.3 is 5.97 Å². The Labute approximate surface area is 133 Å². The van der Waals surface area contributed by atoms with E-state index in [0.717, 1.165) is 17.7 Å². The molecule has 0 unspecified atom stereocenters.